The second kappa shape index (κ2) is 10.3. The standard InChI is InChI=1S/C29H31F2N7O/c1-18-9-21(32)17-37(15-18)26-6-7-33-13-20(26)12-27-34-14-22-4-5-25(35-38(22)27)29-23(30)10-19(11-24(29)31)16-36-8-2-3-28(36)39/h4-7,10-11,13-14,18,21H,2-3,8-9,12,15-17,32H2,1H3/t18-,21+/m1/s1. The van der Waals surface area contributed by atoms with Crippen LogP contribution in [0.25, 0.3) is 16.8 Å². The van der Waals surface area contributed by atoms with Gasteiger partial charge in [0.25, 0.3) is 0 Å². The molecule has 2 N–H and O–H groups in total. The van der Waals surface area contributed by atoms with Crippen LogP contribution in [0.5, 0.6) is 0 Å². The summed E-state index contributed by atoms with van der Waals surface area (Å²) < 4.78 is 32.1. The Morgan fingerprint density at radius 3 is 2.67 bits per heavy atom. The van der Waals surface area contributed by atoms with Gasteiger partial charge in [0, 0.05) is 68.7 Å². The fourth-order valence-electron chi connectivity index (χ4n) is 5.87. The molecule has 0 bridgehead atoms. The molecule has 2 saturated heterocycles. The highest BCUT2D eigenvalue weighted by Crippen LogP contribution is 2.29. The Morgan fingerprint density at radius 2 is 1.92 bits per heavy atom. The number of likely N-dealkylation sites (tertiary alicyclic amines) is 1. The number of amides is 1. The van der Waals surface area contributed by atoms with Crippen LogP contribution in [0.15, 0.2) is 48.9 Å². The Balaban J connectivity index is 1.30. The van der Waals surface area contributed by atoms with E-state index in [1.807, 2.05) is 12.3 Å². The number of benzene rings is 1. The topological polar surface area (TPSA) is 92.6 Å². The lowest BCUT2D eigenvalue weighted by molar-refractivity contribution is -0.128. The van der Waals surface area contributed by atoms with E-state index in [-0.39, 0.29) is 29.8 Å². The predicted octanol–water partition coefficient (Wildman–Crippen LogP) is 3.96. The van der Waals surface area contributed by atoms with Crippen molar-refractivity contribution in [2.24, 2.45) is 11.7 Å². The average Bonchev–Trinajstić information content (AvgIpc) is 3.49. The van der Waals surface area contributed by atoms with E-state index in [1.54, 1.807) is 33.9 Å². The van der Waals surface area contributed by atoms with E-state index < -0.39 is 11.6 Å². The Bertz CT molecular complexity index is 1500. The molecule has 0 radical (unpaired) electrons. The first-order valence-electron chi connectivity index (χ1n) is 13.4. The van der Waals surface area contributed by atoms with Gasteiger partial charge in [0.15, 0.2) is 0 Å². The number of anilines is 1. The number of rotatable bonds is 6. The lowest BCUT2D eigenvalue weighted by atomic mass is 9.95. The molecule has 2 aliphatic rings. The van der Waals surface area contributed by atoms with Crippen LogP contribution in [0.2, 0.25) is 0 Å². The van der Waals surface area contributed by atoms with E-state index >= 15 is 8.78 Å². The Morgan fingerprint density at radius 1 is 1.10 bits per heavy atom. The molecule has 2 atom stereocenters. The van der Waals surface area contributed by atoms with Gasteiger partial charge in [0.2, 0.25) is 5.91 Å². The number of fused-ring (bicyclic) bond motifs is 1. The van der Waals surface area contributed by atoms with Crippen molar-refractivity contribution >= 4 is 17.1 Å². The number of aromatic nitrogens is 4. The summed E-state index contributed by atoms with van der Waals surface area (Å²) in [6, 6.07) is 8.03. The fraction of sp³-hybridized carbons (Fsp3) is 0.379. The number of carbonyl (C=O) groups excluding carboxylic acids is 1. The monoisotopic (exact) mass is 531 g/mol. The van der Waals surface area contributed by atoms with E-state index in [9.17, 15) is 4.79 Å². The molecule has 39 heavy (non-hydrogen) atoms. The van der Waals surface area contributed by atoms with Crippen LogP contribution in [0.3, 0.4) is 0 Å². The van der Waals surface area contributed by atoms with Gasteiger partial charge < -0.3 is 15.5 Å². The Labute approximate surface area is 225 Å². The first-order valence-corrected chi connectivity index (χ1v) is 13.4. The predicted molar refractivity (Wildman–Crippen MR) is 144 cm³/mol. The van der Waals surface area contributed by atoms with E-state index in [1.165, 1.54) is 12.1 Å². The SMILES string of the molecule is C[C@@H]1C[C@H](N)CN(c2ccncc2Cc2ncc3ccc(-c4c(F)cc(CN5CCCC5=O)cc4F)nn23)C1. The van der Waals surface area contributed by atoms with E-state index in [4.69, 9.17) is 5.73 Å². The molecule has 0 saturated carbocycles. The first kappa shape index (κ1) is 25.4. The summed E-state index contributed by atoms with van der Waals surface area (Å²) in [6.45, 7) is 4.69. The molecule has 5 heterocycles. The zero-order chi connectivity index (χ0) is 27.1. The van der Waals surface area contributed by atoms with Gasteiger partial charge in [0.1, 0.15) is 17.5 Å². The lowest BCUT2D eigenvalue weighted by Crippen LogP contribution is -2.46. The summed E-state index contributed by atoms with van der Waals surface area (Å²) in [5.41, 5.74) is 9.45. The number of carbonyl (C=O) groups is 1. The minimum atomic E-state index is -0.713. The van der Waals surface area contributed by atoms with E-state index in [2.05, 4.69) is 26.9 Å². The fourth-order valence-corrected chi connectivity index (χ4v) is 5.87. The highest BCUT2D eigenvalue weighted by atomic mass is 19.1. The quantitative estimate of drug-likeness (QED) is 0.405. The molecule has 4 aromatic rings. The van der Waals surface area contributed by atoms with E-state index in [0.29, 0.717) is 36.7 Å². The average molecular weight is 532 g/mol. The molecule has 1 amide bonds. The number of nitrogens with two attached hydrogens (primary N) is 1. The van der Waals surface area contributed by atoms with Crippen LogP contribution >= 0.6 is 0 Å². The van der Waals surface area contributed by atoms with Crippen molar-refractivity contribution < 1.29 is 13.6 Å². The Hall–Kier alpha value is -3.92. The van der Waals surface area contributed by atoms with Gasteiger partial charge in [-0.25, -0.2) is 18.3 Å². The van der Waals surface area contributed by atoms with Crippen molar-refractivity contribution in [3.8, 4) is 11.3 Å². The molecule has 1 aromatic carbocycles. The van der Waals surface area contributed by atoms with Crippen LogP contribution in [0, 0.1) is 17.6 Å². The summed E-state index contributed by atoms with van der Waals surface area (Å²) in [6.07, 6.45) is 7.99. The van der Waals surface area contributed by atoms with Crippen molar-refractivity contribution in [2.45, 2.75) is 45.2 Å². The molecule has 0 spiro atoms. The van der Waals surface area contributed by atoms with Crippen molar-refractivity contribution in [1.82, 2.24) is 24.5 Å². The second-order valence-corrected chi connectivity index (χ2v) is 10.8. The number of pyridine rings is 1. The van der Waals surface area contributed by atoms with Gasteiger partial charge in [-0.1, -0.05) is 6.92 Å². The maximum atomic E-state index is 15.2. The van der Waals surface area contributed by atoms with Crippen LogP contribution in [-0.4, -0.2) is 56.1 Å². The normalized spacial score (nSPS) is 19.8. The minimum absolute atomic E-state index is 0.00839. The molecule has 10 heteroatoms. The number of hydrogen-bond acceptors (Lipinski definition) is 6. The summed E-state index contributed by atoms with van der Waals surface area (Å²) in [5, 5.41) is 4.59. The van der Waals surface area contributed by atoms with E-state index in [0.717, 1.165) is 42.7 Å². The van der Waals surface area contributed by atoms with Crippen LogP contribution in [0.1, 0.15) is 43.1 Å². The van der Waals surface area contributed by atoms with Gasteiger partial charge in [-0.2, -0.15) is 5.10 Å². The maximum absolute atomic E-state index is 15.2. The number of piperidine rings is 1. The van der Waals surface area contributed by atoms with Gasteiger partial charge in [-0.05, 0) is 54.7 Å². The van der Waals surface area contributed by atoms with Crippen molar-refractivity contribution in [2.75, 3.05) is 24.5 Å². The van der Waals surface area contributed by atoms with Crippen LogP contribution in [0.4, 0.5) is 14.5 Å². The molecule has 2 fully saturated rings. The van der Waals surface area contributed by atoms with Crippen LogP contribution < -0.4 is 10.6 Å². The maximum Gasteiger partial charge on any atom is 0.222 e. The molecule has 6 rings (SSSR count). The second-order valence-electron chi connectivity index (χ2n) is 10.8. The van der Waals surface area contributed by atoms with Gasteiger partial charge >= 0.3 is 0 Å². The zero-order valence-electron chi connectivity index (χ0n) is 21.9. The van der Waals surface area contributed by atoms with Gasteiger partial charge in [-0.15, -0.1) is 0 Å². The molecule has 0 aliphatic carbocycles. The van der Waals surface area contributed by atoms with Crippen LogP contribution in [-0.2, 0) is 17.8 Å². The summed E-state index contributed by atoms with van der Waals surface area (Å²) in [7, 11) is 0. The summed E-state index contributed by atoms with van der Waals surface area (Å²) in [5.74, 6) is -0.293. The molecule has 2 aliphatic heterocycles. The van der Waals surface area contributed by atoms with Crippen molar-refractivity contribution in [3.05, 3.63) is 77.5 Å². The number of halogens is 2. The van der Waals surface area contributed by atoms with Gasteiger partial charge in [-0.3, -0.25) is 9.78 Å². The molecule has 202 valence electrons. The third-order valence-electron chi connectivity index (χ3n) is 7.62. The highest BCUT2D eigenvalue weighted by Gasteiger charge is 2.25. The number of nitrogens with zero attached hydrogens (tertiary/aromatic N) is 6. The van der Waals surface area contributed by atoms with Crippen molar-refractivity contribution in [3.63, 3.8) is 0 Å². The third-order valence-corrected chi connectivity index (χ3v) is 7.62. The molecular formula is C29H31F2N7O. The highest BCUT2D eigenvalue weighted by molar-refractivity contribution is 5.78. The smallest absolute Gasteiger partial charge is 0.222 e. The number of hydrogen-bond donors (Lipinski definition) is 1. The lowest BCUT2D eigenvalue weighted by Gasteiger charge is -2.37. The molecule has 8 nitrogen and oxygen atoms in total. The Kier molecular flexibility index (Phi) is 6.72. The number of imidazole rings is 1. The molecular weight excluding hydrogens is 500 g/mol. The van der Waals surface area contributed by atoms with Crippen molar-refractivity contribution in [1.29, 1.82) is 0 Å². The summed E-state index contributed by atoms with van der Waals surface area (Å²) >= 11 is 0. The van der Waals surface area contributed by atoms with Gasteiger partial charge in [0.05, 0.1) is 23.0 Å². The molecule has 3 aromatic heterocycles. The molecule has 0 unspecified atom stereocenters. The zero-order valence-corrected chi connectivity index (χ0v) is 21.9. The third kappa shape index (κ3) is 5.08. The summed E-state index contributed by atoms with van der Waals surface area (Å²) in [4.78, 5) is 24.8. The largest absolute Gasteiger partial charge is 0.369 e. The minimum Gasteiger partial charge on any atom is -0.369 e. The first-order chi connectivity index (χ1) is 18.9.